The summed E-state index contributed by atoms with van der Waals surface area (Å²) < 4.78 is 0. The van der Waals surface area contributed by atoms with Gasteiger partial charge in [-0.3, -0.25) is 4.98 Å². The Kier molecular flexibility index (Phi) is 3.43. The van der Waals surface area contributed by atoms with Crippen molar-refractivity contribution in [2.45, 2.75) is 13.8 Å². The summed E-state index contributed by atoms with van der Waals surface area (Å²) in [6, 6.07) is 7.97. The molecule has 3 aromatic rings. The van der Waals surface area contributed by atoms with Gasteiger partial charge < -0.3 is 5.32 Å². The molecule has 0 saturated carbocycles. The molecule has 0 fully saturated rings. The van der Waals surface area contributed by atoms with Crippen molar-refractivity contribution >= 4 is 22.3 Å². The molecule has 0 atom stereocenters. The van der Waals surface area contributed by atoms with E-state index in [1.807, 2.05) is 43.5 Å². The van der Waals surface area contributed by atoms with E-state index in [0.29, 0.717) is 0 Å². The van der Waals surface area contributed by atoms with Gasteiger partial charge in [-0.2, -0.15) is 0 Å². The van der Waals surface area contributed by atoms with Crippen molar-refractivity contribution in [2.24, 2.45) is 0 Å². The van der Waals surface area contributed by atoms with Crippen LogP contribution in [0.15, 0.2) is 42.0 Å². The van der Waals surface area contributed by atoms with E-state index in [-0.39, 0.29) is 0 Å². The number of pyridine rings is 2. The molecule has 0 amide bonds. The van der Waals surface area contributed by atoms with Crippen LogP contribution in [-0.4, -0.2) is 15.0 Å². The summed E-state index contributed by atoms with van der Waals surface area (Å²) >= 11 is 1.55. The maximum absolute atomic E-state index is 4.55. The van der Waals surface area contributed by atoms with Crippen molar-refractivity contribution in [1.29, 1.82) is 0 Å². The number of aryl methyl sites for hydroxylation is 2. The van der Waals surface area contributed by atoms with E-state index in [2.05, 4.69) is 20.3 Å². The lowest BCUT2D eigenvalue weighted by molar-refractivity contribution is 1.24. The number of hydrogen-bond acceptors (Lipinski definition) is 5. The molecule has 0 aliphatic carbocycles. The van der Waals surface area contributed by atoms with Crippen molar-refractivity contribution in [3.8, 4) is 11.4 Å². The molecule has 0 saturated heterocycles. The molecule has 3 heterocycles. The Bertz CT molecular complexity index is 736. The standard InChI is InChI=1S/C15H14N4S/c1-10-3-5-16-12(7-10)13-9-20-15(18-13)19-14-8-11(2)4-6-17-14/h3-9H,1-2H3,(H,17,18,19). The summed E-state index contributed by atoms with van der Waals surface area (Å²) in [7, 11) is 0. The largest absolute Gasteiger partial charge is 0.316 e. The van der Waals surface area contributed by atoms with Crippen LogP contribution in [0.4, 0.5) is 10.9 Å². The number of rotatable bonds is 3. The molecular weight excluding hydrogens is 268 g/mol. The topological polar surface area (TPSA) is 50.7 Å². The van der Waals surface area contributed by atoms with Gasteiger partial charge in [0.25, 0.3) is 0 Å². The Balaban J connectivity index is 1.84. The Hall–Kier alpha value is -2.27. The average molecular weight is 282 g/mol. The predicted octanol–water partition coefficient (Wildman–Crippen LogP) is 3.96. The van der Waals surface area contributed by atoms with Crippen LogP contribution in [0, 0.1) is 13.8 Å². The summed E-state index contributed by atoms with van der Waals surface area (Å²) in [5.41, 5.74) is 4.12. The number of thiazole rings is 1. The first kappa shape index (κ1) is 12.7. The fraction of sp³-hybridized carbons (Fsp3) is 0.133. The minimum Gasteiger partial charge on any atom is -0.316 e. The molecule has 3 rings (SSSR count). The Labute approximate surface area is 121 Å². The highest BCUT2D eigenvalue weighted by atomic mass is 32.1. The van der Waals surface area contributed by atoms with Crippen molar-refractivity contribution < 1.29 is 0 Å². The Morgan fingerprint density at radius 1 is 0.950 bits per heavy atom. The van der Waals surface area contributed by atoms with E-state index in [1.165, 1.54) is 11.1 Å². The highest BCUT2D eigenvalue weighted by molar-refractivity contribution is 7.14. The molecule has 5 heteroatoms. The van der Waals surface area contributed by atoms with Crippen LogP contribution in [-0.2, 0) is 0 Å². The fourth-order valence-electron chi connectivity index (χ4n) is 1.84. The number of aromatic nitrogens is 3. The molecule has 0 aliphatic heterocycles. The van der Waals surface area contributed by atoms with Gasteiger partial charge in [0.2, 0.25) is 0 Å². The summed E-state index contributed by atoms with van der Waals surface area (Å²) in [4.78, 5) is 13.2. The van der Waals surface area contributed by atoms with Crippen LogP contribution in [0.3, 0.4) is 0 Å². The van der Waals surface area contributed by atoms with Gasteiger partial charge in [0, 0.05) is 17.8 Å². The molecule has 0 radical (unpaired) electrons. The van der Waals surface area contributed by atoms with E-state index in [9.17, 15) is 0 Å². The molecule has 0 aliphatic rings. The highest BCUT2D eigenvalue weighted by Gasteiger charge is 2.06. The van der Waals surface area contributed by atoms with E-state index < -0.39 is 0 Å². The van der Waals surface area contributed by atoms with Gasteiger partial charge in [0.15, 0.2) is 5.13 Å². The first-order valence-corrected chi connectivity index (χ1v) is 7.17. The second-order valence-corrected chi connectivity index (χ2v) is 5.46. The molecule has 100 valence electrons. The monoisotopic (exact) mass is 282 g/mol. The Morgan fingerprint density at radius 3 is 2.45 bits per heavy atom. The molecule has 3 aromatic heterocycles. The third-order valence-corrected chi connectivity index (χ3v) is 3.59. The number of hydrogen-bond donors (Lipinski definition) is 1. The first-order valence-electron chi connectivity index (χ1n) is 6.29. The van der Waals surface area contributed by atoms with Gasteiger partial charge in [-0.15, -0.1) is 11.3 Å². The zero-order valence-corrected chi connectivity index (χ0v) is 12.1. The maximum atomic E-state index is 4.55. The van der Waals surface area contributed by atoms with Crippen LogP contribution < -0.4 is 5.32 Å². The molecule has 0 unspecified atom stereocenters. The fourth-order valence-corrected chi connectivity index (χ4v) is 2.55. The van der Waals surface area contributed by atoms with Crippen molar-refractivity contribution in [3.63, 3.8) is 0 Å². The van der Waals surface area contributed by atoms with Crippen LogP contribution in [0.25, 0.3) is 11.4 Å². The van der Waals surface area contributed by atoms with Gasteiger partial charge in [-0.1, -0.05) is 0 Å². The summed E-state index contributed by atoms with van der Waals surface area (Å²) in [6.45, 7) is 4.09. The van der Waals surface area contributed by atoms with Crippen molar-refractivity contribution in [1.82, 2.24) is 15.0 Å². The predicted molar refractivity (Wildman–Crippen MR) is 82.3 cm³/mol. The molecule has 4 nitrogen and oxygen atoms in total. The minimum absolute atomic E-state index is 0.808. The molecule has 0 aromatic carbocycles. The first-order chi connectivity index (χ1) is 9.70. The molecule has 0 bridgehead atoms. The molecular formula is C15H14N4S. The lowest BCUT2D eigenvalue weighted by Gasteiger charge is -2.01. The van der Waals surface area contributed by atoms with Crippen LogP contribution in [0.1, 0.15) is 11.1 Å². The van der Waals surface area contributed by atoms with Gasteiger partial charge in [-0.05, 0) is 49.2 Å². The van der Waals surface area contributed by atoms with Gasteiger partial charge in [-0.25, -0.2) is 9.97 Å². The minimum atomic E-state index is 0.808. The van der Waals surface area contributed by atoms with Crippen LogP contribution in [0.5, 0.6) is 0 Å². The van der Waals surface area contributed by atoms with Gasteiger partial charge in [0.1, 0.15) is 11.5 Å². The highest BCUT2D eigenvalue weighted by Crippen LogP contribution is 2.25. The summed E-state index contributed by atoms with van der Waals surface area (Å²) in [6.07, 6.45) is 3.59. The van der Waals surface area contributed by atoms with E-state index in [0.717, 1.165) is 22.3 Å². The molecule has 0 spiro atoms. The third-order valence-electron chi connectivity index (χ3n) is 2.83. The zero-order valence-electron chi connectivity index (χ0n) is 11.3. The average Bonchev–Trinajstić information content (AvgIpc) is 2.87. The lowest BCUT2D eigenvalue weighted by atomic mass is 10.2. The smallest absolute Gasteiger partial charge is 0.188 e. The second-order valence-electron chi connectivity index (χ2n) is 4.60. The third kappa shape index (κ3) is 2.83. The van der Waals surface area contributed by atoms with Gasteiger partial charge in [0.05, 0.1) is 5.69 Å². The van der Waals surface area contributed by atoms with Crippen LogP contribution >= 0.6 is 11.3 Å². The Morgan fingerprint density at radius 2 is 1.70 bits per heavy atom. The number of anilines is 2. The van der Waals surface area contributed by atoms with E-state index >= 15 is 0 Å². The summed E-state index contributed by atoms with van der Waals surface area (Å²) in [5.74, 6) is 0.808. The zero-order chi connectivity index (χ0) is 13.9. The lowest BCUT2D eigenvalue weighted by Crippen LogP contribution is -1.93. The second kappa shape index (κ2) is 5.38. The number of nitrogens with zero attached hydrogens (tertiary/aromatic N) is 3. The van der Waals surface area contributed by atoms with E-state index in [1.54, 1.807) is 23.7 Å². The SMILES string of the molecule is Cc1ccnc(Nc2nc(-c3cc(C)ccn3)cs2)c1. The van der Waals surface area contributed by atoms with Gasteiger partial charge >= 0.3 is 0 Å². The normalized spacial score (nSPS) is 10.5. The maximum Gasteiger partial charge on any atom is 0.188 e. The van der Waals surface area contributed by atoms with Crippen molar-refractivity contribution in [3.05, 3.63) is 53.2 Å². The number of nitrogens with one attached hydrogen (secondary N) is 1. The quantitative estimate of drug-likeness (QED) is 0.790. The van der Waals surface area contributed by atoms with Crippen LogP contribution in [0.2, 0.25) is 0 Å². The molecule has 1 N–H and O–H groups in total. The molecule has 20 heavy (non-hydrogen) atoms. The summed E-state index contributed by atoms with van der Waals surface area (Å²) in [5, 5.41) is 6.04. The van der Waals surface area contributed by atoms with Crippen molar-refractivity contribution in [2.75, 3.05) is 5.32 Å². The van der Waals surface area contributed by atoms with E-state index in [4.69, 9.17) is 0 Å².